The Morgan fingerprint density at radius 1 is 1.15 bits per heavy atom. The largest absolute Gasteiger partial charge is 0.370 e. The summed E-state index contributed by atoms with van der Waals surface area (Å²) >= 11 is 0. The van der Waals surface area contributed by atoms with E-state index >= 15 is 0 Å². The highest BCUT2D eigenvalue weighted by Gasteiger charge is 2.14. The molecule has 0 aliphatic heterocycles. The third kappa shape index (κ3) is 8.68. The summed E-state index contributed by atoms with van der Waals surface area (Å²) in [6.45, 7) is 4.11. The third-order valence-electron chi connectivity index (χ3n) is 4.18. The summed E-state index contributed by atoms with van der Waals surface area (Å²) in [6, 6.07) is 7.80. The van der Waals surface area contributed by atoms with Gasteiger partial charge in [-0.3, -0.25) is 0 Å². The number of rotatable bonds is 7. The number of hydrogen-bond donors (Lipinski definition) is 3. The standard InChI is InChI=1S/C18H30N4O2S.HI/c1-14(2)22-25(23,24)13-16-10-8-15(9-11-16)12-20-18(19)21-17-6-4-3-5-7-17;/h8-11,14,17,22H,3-7,12-13H2,1-2H3,(H3,19,20,21);1H. The SMILES string of the molecule is CC(C)NS(=O)(=O)Cc1ccc(CN=C(N)NC2CCCCC2)cc1.I. The van der Waals surface area contributed by atoms with E-state index in [4.69, 9.17) is 5.73 Å². The lowest BCUT2D eigenvalue weighted by Gasteiger charge is -2.23. The maximum Gasteiger partial charge on any atom is 0.216 e. The fraction of sp³-hybridized carbons (Fsp3) is 0.611. The van der Waals surface area contributed by atoms with Crippen LogP contribution in [0.15, 0.2) is 29.3 Å². The van der Waals surface area contributed by atoms with E-state index in [0.29, 0.717) is 18.5 Å². The Hall–Kier alpha value is -0.870. The van der Waals surface area contributed by atoms with Crippen LogP contribution in [0.4, 0.5) is 0 Å². The molecule has 0 atom stereocenters. The van der Waals surface area contributed by atoms with Crippen molar-refractivity contribution in [2.45, 2.75) is 70.3 Å². The number of guanidine groups is 1. The molecular formula is C18H31IN4O2S. The number of nitrogens with one attached hydrogen (secondary N) is 2. The zero-order valence-electron chi connectivity index (χ0n) is 15.6. The Morgan fingerprint density at radius 3 is 2.31 bits per heavy atom. The van der Waals surface area contributed by atoms with E-state index in [1.807, 2.05) is 38.1 Å². The molecule has 8 heteroatoms. The summed E-state index contributed by atoms with van der Waals surface area (Å²) in [5, 5.41) is 3.29. The van der Waals surface area contributed by atoms with Crippen LogP contribution < -0.4 is 15.8 Å². The maximum absolute atomic E-state index is 11.9. The number of benzene rings is 1. The van der Waals surface area contributed by atoms with E-state index in [9.17, 15) is 8.42 Å². The molecule has 0 radical (unpaired) electrons. The lowest BCUT2D eigenvalue weighted by Crippen LogP contribution is -2.41. The summed E-state index contributed by atoms with van der Waals surface area (Å²) in [4.78, 5) is 4.38. The molecular weight excluding hydrogens is 463 g/mol. The second kappa shape index (κ2) is 11.1. The van der Waals surface area contributed by atoms with Gasteiger partial charge in [0.15, 0.2) is 5.96 Å². The van der Waals surface area contributed by atoms with Gasteiger partial charge in [0.05, 0.1) is 12.3 Å². The van der Waals surface area contributed by atoms with Crippen molar-refractivity contribution in [1.82, 2.24) is 10.0 Å². The molecule has 26 heavy (non-hydrogen) atoms. The minimum absolute atomic E-state index is 0. The number of halogens is 1. The zero-order chi connectivity index (χ0) is 18.3. The molecule has 0 heterocycles. The number of hydrogen-bond acceptors (Lipinski definition) is 3. The van der Waals surface area contributed by atoms with Gasteiger partial charge in [-0.2, -0.15) is 0 Å². The molecule has 0 amide bonds. The molecule has 0 unspecified atom stereocenters. The Labute approximate surface area is 174 Å². The van der Waals surface area contributed by atoms with Gasteiger partial charge in [-0.25, -0.2) is 18.1 Å². The molecule has 1 aliphatic rings. The monoisotopic (exact) mass is 494 g/mol. The summed E-state index contributed by atoms with van der Waals surface area (Å²) in [5.41, 5.74) is 7.73. The second-order valence-electron chi connectivity index (χ2n) is 7.03. The van der Waals surface area contributed by atoms with Gasteiger partial charge in [-0.15, -0.1) is 24.0 Å². The van der Waals surface area contributed by atoms with Gasteiger partial charge in [-0.1, -0.05) is 43.5 Å². The first-order valence-electron chi connectivity index (χ1n) is 8.98. The van der Waals surface area contributed by atoms with Gasteiger partial charge in [0.1, 0.15) is 0 Å². The highest BCUT2D eigenvalue weighted by Crippen LogP contribution is 2.17. The quantitative estimate of drug-likeness (QED) is 0.309. The highest BCUT2D eigenvalue weighted by molar-refractivity contribution is 14.0. The van der Waals surface area contributed by atoms with Gasteiger partial charge in [-0.05, 0) is 37.8 Å². The zero-order valence-corrected chi connectivity index (χ0v) is 18.7. The average Bonchev–Trinajstić information content (AvgIpc) is 2.53. The summed E-state index contributed by atoms with van der Waals surface area (Å²) in [5.74, 6) is 0.472. The molecule has 0 bridgehead atoms. The van der Waals surface area contributed by atoms with Crippen LogP contribution in [0.5, 0.6) is 0 Å². The van der Waals surface area contributed by atoms with Crippen molar-refractivity contribution < 1.29 is 8.42 Å². The smallest absolute Gasteiger partial charge is 0.216 e. The third-order valence-corrected chi connectivity index (χ3v) is 5.73. The van der Waals surface area contributed by atoms with Crippen LogP contribution in [0.3, 0.4) is 0 Å². The number of sulfonamides is 1. The van der Waals surface area contributed by atoms with Gasteiger partial charge < -0.3 is 11.1 Å². The molecule has 0 aromatic heterocycles. The predicted octanol–water partition coefficient (Wildman–Crippen LogP) is 2.87. The number of aliphatic imine (C=N–C) groups is 1. The van der Waals surface area contributed by atoms with Crippen molar-refractivity contribution in [3.05, 3.63) is 35.4 Å². The fourth-order valence-corrected chi connectivity index (χ4v) is 4.47. The molecule has 1 aliphatic carbocycles. The van der Waals surface area contributed by atoms with E-state index < -0.39 is 10.0 Å². The minimum Gasteiger partial charge on any atom is -0.370 e. The molecule has 1 aromatic carbocycles. The molecule has 1 aromatic rings. The fourth-order valence-electron chi connectivity index (χ4n) is 3.04. The number of nitrogens with zero attached hydrogens (tertiary/aromatic N) is 1. The Kier molecular flexibility index (Phi) is 9.88. The topological polar surface area (TPSA) is 96.6 Å². The normalized spacial score (nSPS) is 16.3. The van der Waals surface area contributed by atoms with Crippen LogP contribution in [0.1, 0.15) is 57.1 Å². The van der Waals surface area contributed by atoms with Crippen LogP contribution in [0.2, 0.25) is 0 Å². The van der Waals surface area contributed by atoms with Crippen LogP contribution in [0.25, 0.3) is 0 Å². The molecule has 148 valence electrons. The first-order chi connectivity index (χ1) is 11.8. The predicted molar refractivity (Wildman–Crippen MR) is 118 cm³/mol. The van der Waals surface area contributed by atoms with E-state index in [1.54, 1.807) is 0 Å². The molecule has 6 nitrogen and oxygen atoms in total. The first kappa shape index (κ1) is 23.2. The lowest BCUT2D eigenvalue weighted by molar-refractivity contribution is 0.412. The van der Waals surface area contributed by atoms with Crippen molar-refractivity contribution in [2.24, 2.45) is 10.7 Å². The van der Waals surface area contributed by atoms with Gasteiger partial charge in [0, 0.05) is 12.1 Å². The highest BCUT2D eigenvalue weighted by atomic mass is 127. The van der Waals surface area contributed by atoms with E-state index in [2.05, 4.69) is 15.0 Å². The summed E-state index contributed by atoms with van der Waals surface area (Å²) in [7, 11) is -3.30. The molecule has 0 spiro atoms. The van der Waals surface area contributed by atoms with E-state index in [-0.39, 0.29) is 35.8 Å². The average molecular weight is 494 g/mol. The van der Waals surface area contributed by atoms with Crippen molar-refractivity contribution in [3.8, 4) is 0 Å². The lowest BCUT2D eigenvalue weighted by atomic mass is 9.96. The Morgan fingerprint density at radius 2 is 1.73 bits per heavy atom. The number of nitrogens with two attached hydrogens (primary N) is 1. The Bertz CT molecular complexity index is 669. The van der Waals surface area contributed by atoms with E-state index in [1.165, 1.54) is 19.3 Å². The van der Waals surface area contributed by atoms with E-state index in [0.717, 1.165) is 24.0 Å². The molecule has 1 fully saturated rings. The minimum atomic E-state index is -3.30. The Balaban J connectivity index is 0.00000338. The van der Waals surface area contributed by atoms with Gasteiger partial charge >= 0.3 is 0 Å². The van der Waals surface area contributed by atoms with Crippen molar-refractivity contribution >= 4 is 40.0 Å². The van der Waals surface area contributed by atoms with Crippen LogP contribution in [-0.2, 0) is 22.3 Å². The first-order valence-corrected chi connectivity index (χ1v) is 10.6. The molecule has 0 saturated heterocycles. The second-order valence-corrected chi connectivity index (χ2v) is 8.78. The molecule has 4 N–H and O–H groups in total. The molecule has 2 rings (SSSR count). The summed E-state index contributed by atoms with van der Waals surface area (Å²) < 4.78 is 26.5. The van der Waals surface area contributed by atoms with Crippen molar-refractivity contribution in [3.63, 3.8) is 0 Å². The summed E-state index contributed by atoms with van der Waals surface area (Å²) in [6.07, 6.45) is 6.12. The van der Waals surface area contributed by atoms with Crippen LogP contribution in [0, 0.1) is 0 Å². The van der Waals surface area contributed by atoms with Crippen molar-refractivity contribution in [2.75, 3.05) is 0 Å². The van der Waals surface area contributed by atoms with Crippen LogP contribution in [-0.4, -0.2) is 26.5 Å². The van der Waals surface area contributed by atoms with Gasteiger partial charge in [0.2, 0.25) is 10.0 Å². The maximum atomic E-state index is 11.9. The molecule has 1 saturated carbocycles. The van der Waals surface area contributed by atoms with Crippen LogP contribution >= 0.6 is 24.0 Å². The van der Waals surface area contributed by atoms with Crippen molar-refractivity contribution in [1.29, 1.82) is 0 Å². The van der Waals surface area contributed by atoms with Gasteiger partial charge in [0.25, 0.3) is 0 Å².